The van der Waals surface area contributed by atoms with Crippen LogP contribution < -0.4 is 0 Å². The van der Waals surface area contributed by atoms with Crippen LogP contribution >= 0.6 is 11.8 Å². The number of ether oxygens (including phenoxy) is 2. The third-order valence-corrected chi connectivity index (χ3v) is 8.31. The number of hydrogen-bond donors (Lipinski definition) is 0. The van der Waals surface area contributed by atoms with Gasteiger partial charge in [0.2, 0.25) is 6.29 Å². The van der Waals surface area contributed by atoms with Gasteiger partial charge in [-0.25, -0.2) is 0 Å². The number of allylic oxidation sites excluding steroid dienone is 2. The van der Waals surface area contributed by atoms with E-state index in [2.05, 4.69) is 12.2 Å². The van der Waals surface area contributed by atoms with Crippen LogP contribution in [0.1, 0.15) is 64.2 Å². The molecule has 26 heavy (non-hydrogen) atoms. The maximum atomic E-state index is 12.1. The monoisotopic (exact) mass is 378 g/mol. The molecule has 146 valence electrons. The molecule has 0 aromatic heterocycles. The number of thioether (sulfide) groups is 1. The van der Waals surface area contributed by atoms with Gasteiger partial charge in [0.05, 0.1) is 12.4 Å². The lowest BCUT2D eigenvalue weighted by Crippen LogP contribution is -2.39. The third-order valence-electron chi connectivity index (χ3n) is 7.20. The molecule has 0 spiro atoms. The summed E-state index contributed by atoms with van der Waals surface area (Å²) in [5.41, 5.74) is 0. The van der Waals surface area contributed by atoms with Gasteiger partial charge < -0.3 is 9.47 Å². The topological polar surface area (TPSA) is 35.5 Å². The van der Waals surface area contributed by atoms with Gasteiger partial charge in [-0.15, -0.1) is 11.8 Å². The van der Waals surface area contributed by atoms with E-state index in [-0.39, 0.29) is 12.3 Å². The summed E-state index contributed by atoms with van der Waals surface area (Å²) in [5, 5.41) is 0. The fraction of sp³-hybridized carbons (Fsp3) is 0.864. The minimum Gasteiger partial charge on any atom is -0.435 e. The predicted molar refractivity (Wildman–Crippen MR) is 106 cm³/mol. The summed E-state index contributed by atoms with van der Waals surface area (Å²) in [4.78, 5) is 12.1. The van der Waals surface area contributed by atoms with Crippen LogP contribution in [0, 0.1) is 29.6 Å². The summed E-state index contributed by atoms with van der Waals surface area (Å²) >= 11 is 1.80. The van der Waals surface area contributed by atoms with Gasteiger partial charge in [0.25, 0.3) is 0 Å². The van der Waals surface area contributed by atoms with Crippen LogP contribution in [0.15, 0.2) is 12.2 Å². The molecule has 1 saturated heterocycles. The van der Waals surface area contributed by atoms with Gasteiger partial charge in [-0.3, -0.25) is 4.79 Å². The molecule has 0 aromatic rings. The zero-order valence-electron chi connectivity index (χ0n) is 15.9. The van der Waals surface area contributed by atoms with Crippen LogP contribution in [-0.4, -0.2) is 30.4 Å². The fourth-order valence-corrected chi connectivity index (χ4v) is 6.93. The number of carbonyl (C=O) groups excluding carboxylic acids is 1. The second-order valence-electron chi connectivity index (χ2n) is 8.85. The van der Waals surface area contributed by atoms with E-state index in [1.807, 2.05) is 0 Å². The first-order chi connectivity index (χ1) is 12.8. The van der Waals surface area contributed by atoms with Crippen molar-refractivity contribution in [1.82, 2.24) is 0 Å². The Morgan fingerprint density at radius 3 is 2.65 bits per heavy atom. The van der Waals surface area contributed by atoms with Crippen molar-refractivity contribution in [2.45, 2.75) is 70.5 Å². The molecule has 4 heteroatoms. The molecular formula is C22H34O3S. The molecule has 6 atom stereocenters. The van der Waals surface area contributed by atoms with Crippen LogP contribution in [0.3, 0.4) is 0 Å². The Hall–Kier alpha value is -0.480. The van der Waals surface area contributed by atoms with Gasteiger partial charge in [0.1, 0.15) is 0 Å². The van der Waals surface area contributed by atoms with E-state index >= 15 is 0 Å². The zero-order chi connectivity index (χ0) is 17.8. The molecule has 4 rings (SSSR count). The van der Waals surface area contributed by atoms with E-state index in [0.29, 0.717) is 5.75 Å². The maximum Gasteiger partial charge on any atom is 0.318 e. The standard InChI is InChI=1S/C22H34O3S/c23-21(25-22-10-3-4-11-24-22)15-26-14-19-9-5-8-18-12-16-6-1-2-7-17(16)13-20(18)19/h1-2,16-20,22H,3-15H2/t16-,17+,18+,19?,20-,22?/m0/s1. The number of hydrogen-bond acceptors (Lipinski definition) is 4. The Labute approximate surface area is 162 Å². The van der Waals surface area contributed by atoms with Crippen molar-refractivity contribution >= 4 is 17.7 Å². The summed E-state index contributed by atoms with van der Waals surface area (Å²) in [6.07, 6.45) is 17.3. The van der Waals surface area contributed by atoms with E-state index < -0.39 is 0 Å². The van der Waals surface area contributed by atoms with Gasteiger partial charge in [0, 0.05) is 6.42 Å². The van der Waals surface area contributed by atoms with Crippen molar-refractivity contribution in [3.8, 4) is 0 Å². The average molecular weight is 379 g/mol. The van der Waals surface area contributed by atoms with Crippen LogP contribution in [0.4, 0.5) is 0 Å². The normalized spacial score (nSPS) is 39.7. The Kier molecular flexibility index (Phi) is 6.63. The predicted octanol–water partition coefficient (Wildman–Crippen LogP) is 5.20. The first-order valence-corrected chi connectivity index (χ1v) is 12.0. The maximum absolute atomic E-state index is 12.1. The van der Waals surface area contributed by atoms with Crippen molar-refractivity contribution in [1.29, 1.82) is 0 Å². The summed E-state index contributed by atoms with van der Waals surface area (Å²) < 4.78 is 11.0. The summed E-state index contributed by atoms with van der Waals surface area (Å²) in [5.74, 6) is 6.09. The molecule has 1 heterocycles. The Morgan fingerprint density at radius 2 is 1.85 bits per heavy atom. The third kappa shape index (κ3) is 4.67. The lowest BCUT2D eigenvalue weighted by Gasteiger charge is -2.48. The molecule has 3 aliphatic carbocycles. The zero-order valence-corrected chi connectivity index (χ0v) is 16.8. The molecule has 0 radical (unpaired) electrons. The van der Waals surface area contributed by atoms with Crippen molar-refractivity contribution in [2.75, 3.05) is 18.1 Å². The van der Waals surface area contributed by atoms with Crippen molar-refractivity contribution in [3.05, 3.63) is 12.2 Å². The second-order valence-corrected chi connectivity index (χ2v) is 9.88. The Bertz CT molecular complexity index is 500. The molecule has 2 saturated carbocycles. The first-order valence-electron chi connectivity index (χ1n) is 10.8. The van der Waals surface area contributed by atoms with Crippen molar-refractivity contribution in [3.63, 3.8) is 0 Å². The first kappa shape index (κ1) is 18.9. The molecule has 0 aromatic carbocycles. The SMILES string of the molecule is O=C(CSCC1CCC[C@@H]2C[C@@H]3CC=CC[C@@H]3C[C@H]12)OC1CCCCO1. The van der Waals surface area contributed by atoms with Crippen molar-refractivity contribution < 1.29 is 14.3 Å². The highest BCUT2D eigenvalue weighted by Crippen LogP contribution is 2.51. The molecule has 1 aliphatic heterocycles. The molecule has 2 unspecified atom stereocenters. The van der Waals surface area contributed by atoms with Gasteiger partial charge in [-0.05, 0) is 80.3 Å². The van der Waals surface area contributed by atoms with Gasteiger partial charge in [-0.2, -0.15) is 0 Å². The largest absolute Gasteiger partial charge is 0.435 e. The summed E-state index contributed by atoms with van der Waals surface area (Å²) in [6, 6.07) is 0. The van der Waals surface area contributed by atoms with E-state index in [1.54, 1.807) is 11.8 Å². The molecule has 3 nitrogen and oxygen atoms in total. The van der Waals surface area contributed by atoms with Gasteiger partial charge in [-0.1, -0.05) is 25.0 Å². The number of carbonyl (C=O) groups is 1. The highest BCUT2D eigenvalue weighted by Gasteiger charge is 2.41. The lowest BCUT2D eigenvalue weighted by atomic mass is 9.58. The van der Waals surface area contributed by atoms with E-state index in [1.165, 1.54) is 44.9 Å². The fourth-order valence-electron chi connectivity index (χ4n) is 5.86. The number of rotatable bonds is 5. The highest BCUT2D eigenvalue weighted by atomic mass is 32.2. The van der Waals surface area contributed by atoms with Gasteiger partial charge in [0.15, 0.2) is 0 Å². The minimum absolute atomic E-state index is 0.0876. The van der Waals surface area contributed by atoms with Crippen LogP contribution in [-0.2, 0) is 14.3 Å². The smallest absolute Gasteiger partial charge is 0.318 e. The lowest BCUT2D eigenvalue weighted by molar-refractivity contribution is -0.183. The van der Waals surface area contributed by atoms with Crippen molar-refractivity contribution in [2.24, 2.45) is 29.6 Å². The quantitative estimate of drug-likeness (QED) is 0.487. The summed E-state index contributed by atoms with van der Waals surface area (Å²) in [6.45, 7) is 0.730. The minimum atomic E-state index is -0.287. The molecule has 0 bridgehead atoms. The molecular weight excluding hydrogens is 344 g/mol. The number of esters is 1. The van der Waals surface area contributed by atoms with Gasteiger partial charge >= 0.3 is 5.97 Å². The Morgan fingerprint density at radius 1 is 1.00 bits per heavy atom. The van der Waals surface area contributed by atoms with Crippen LogP contribution in [0.25, 0.3) is 0 Å². The summed E-state index contributed by atoms with van der Waals surface area (Å²) in [7, 11) is 0. The molecule has 0 amide bonds. The second kappa shape index (κ2) is 9.14. The average Bonchev–Trinajstić information content (AvgIpc) is 2.67. The highest BCUT2D eigenvalue weighted by molar-refractivity contribution is 7.99. The molecule has 3 fully saturated rings. The number of fused-ring (bicyclic) bond motifs is 2. The van der Waals surface area contributed by atoms with Crippen LogP contribution in [0.5, 0.6) is 0 Å². The molecule has 4 aliphatic rings. The van der Waals surface area contributed by atoms with E-state index in [9.17, 15) is 4.79 Å². The van der Waals surface area contributed by atoms with E-state index in [4.69, 9.17) is 9.47 Å². The van der Waals surface area contributed by atoms with Crippen LogP contribution in [0.2, 0.25) is 0 Å². The Balaban J connectivity index is 1.22. The molecule has 0 N–H and O–H groups in total. The van der Waals surface area contributed by atoms with E-state index in [0.717, 1.165) is 61.2 Å².